The molecule has 0 aliphatic carbocycles. The largest absolute Gasteiger partial charge is 0.491 e. The molecule has 20 heavy (non-hydrogen) atoms. The van der Waals surface area contributed by atoms with Gasteiger partial charge in [-0.2, -0.15) is 0 Å². The van der Waals surface area contributed by atoms with E-state index in [1.165, 1.54) is 0 Å². The molecule has 1 unspecified atom stereocenters. The molecule has 1 rings (SSSR count). The molecule has 0 aliphatic rings. The van der Waals surface area contributed by atoms with Gasteiger partial charge in [-0.25, -0.2) is 8.42 Å². The zero-order valence-electron chi connectivity index (χ0n) is 12.7. The van der Waals surface area contributed by atoms with Crippen LogP contribution >= 0.6 is 0 Å². The van der Waals surface area contributed by atoms with Crippen molar-refractivity contribution >= 4 is 15.5 Å². The molecule has 4 nitrogen and oxygen atoms in total. The Morgan fingerprint density at radius 1 is 1.25 bits per heavy atom. The van der Waals surface area contributed by atoms with Gasteiger partial charge in [-0.15, -0.1) is 0 Å². The molecule has 0 fully saturated rings. The zero-order valence-corrected chi connectivity index (χ0v) is 13.5. The molecule has 0 heterocycles. The summed E-state index contributed by atoms with van der Waals surface area (Å²) in [5.74, 6) is 0.942. The van der Waals surface area contributed by atoms with E-state index in [1.807, 2.05) is 31.2 Å². The van der Waals surface area contributed by atoms with Crippen molar-refractivity contribution in [1.82, 2.24) is 0 Å². The average molecular weight is 299 g/mol. The van der Waals surface area contributed by atoms with Gasteiger partial charge in [-0.05, 0) is 39.3 Å². The van der Waals surface area contributed by atoms with Crippen LogP contribution < -0.4 is 10.1 Å². The van der Waals surface area contributed by atoms with Crippen molar-refractivity contribution in [3.63, 3.8) is 0 Å². The van der Waals surface area contributed by atoms with E-state index < -0.39 is 9.84 Å². The Morgan fingerprint density at radius 3 is 2.55 bits per heavy atom. The molecule has 0 bridgehead atoms. The van der Waals surface area contributed by atoms with E-state index in [9.17, 15) is 8.42 Å². The lowest BCUT2D eigenvalue weighted by atomic mass is 10.3. The van der Waals surface area contributed by atoms with Crippen molar-refractivity contribution < 1.29 is 13.2 Å². The van der Waals surface area contributed by atoms with Crippen LogP contribution in [0.2, 0.25) is 0 Å². The van der Waals surface area contributed by atoms with Gasteiger partial charge in [0.1, 0.15) is 5.75 Å². The van der Waals surface area contributed by atoms with Gasteiger partial charge in [0.25, 0.3) is 0 Å². The number of ether oxygens (including phenoxy) is 1. The lowest BCUT2D eigenvalue weighted by molar-refractivity contribution is 0.217. The quantitative estimate of drug-likeness (QED) is 0.801. The van der Waals surface area contributed by atoms with Crippen LogP contribution in [-0.2, 0) is 9.84 Å². The first-order chi connectivity index (χ1) is 9.35. The summed E-state index contributed by atoms with van der Waals surface area (Å²) in [6, 6.07) is 7.61. The molecule has 1 aromatic carbocycles. The minimum absolute atomic E-state index is 0.140. The Hall–Kier alpha value is -1.23. The maximum absolute atomic E-state index is 11.7. The summed E-state index contributed by atoms with van der Waals surface area (Å²) in [6.07, 6.45) is 1.12. The van der Waals surface area contributed by atoms with Gasteiger partial charge in [0, 0.05) is 18.3 Å². The van der Waals surface area contributed by atoms with E-state index in [0.29, 0.717) is 6.54 Å². The minimum Gasteiger partial charge on any atom is -0.491 e. The Kier molecular flexibility index (Phi) is 6.33. The highest BCUT2D eigenvalue weighted by Gasteiger charge is 2.15. The summed E-state index contributed by atoms with van der Waals surface area (Å²) in [4.78, 5) is 0. The van der Waals surface area contributed by atoms with E-state index in [-0.39, 0.29) is 17.1 Å². The molecule has 0 saturated carbocycles. The monoisotopic (exact) mass is 299 g/mol. The van der Waals surface area contributed by atoms with Crippen molar-refractivity contribution in [3.05, 3.63) is 24.3 Å². The SMILES string of the molecule is CCC(C)Oc1cccc(NCCS(=O)(=O)C(C)C)c1. The first-order valence-electron chi connectivity index (χ1n) is 7.07. The second-order valence-corrected chi connectivity index (χ2v) is 7.88. The van der Waals surface area contributed by atoms with E-state index in [1.54, 1.807) is 13.8 Å². The van der Waals surface area contributed by atoms with Crippen LogP contribution in [-0.4, -0.2) is 32.1 Å². The summed E-state index contributed by atoms with van der Waals surface area (Å²) in [6.45, 7) is 7.91. The third-order valence-corrected chi connectivity index (χ3v) is 5.39. The van der Waals surface area contributed by atoms with Crippen molar-refractivity contribution in [2.24, 2.45) is 0 Å². The van der Waals surface area contributed by atoms with Gasteiger partial charge in [0.2, 0.25) is 0 Å². The Balaban J connectivity index is 2.55. The fourth-order valence-corrected chi connectivity index (χ4v) is 2.43. The van der Waals surface area contributed by atoms with Crippen molar-refractivity contribution in [2.75, 3.05) is 17.6 Å². The fourth-order valence-electron chi connectivity index (χ4n) is 1.57. The van der Waals surface area contributed by atoms with E-state index >= 15 is 0 Å². The van der Waals surface area contributed by atoms with Crippen LogP contribution in [0.1, 0.15) is 34.1 Å². The average Bonchev–Trinajstić information content (AvgIpc) is 2.38. The van der Waals surface area contributed by atoms with Gasteiger partial charge in [-0.1, -0.05) is 13.0 Å². The molecule has 114 valence electrons. The smallest absolute Gasteiger partial charge is 0.154 e. The van der Waals surface area contributed by atoms with Gasteiger partial charge in [0.15, 0.2) is 9.84 Å². The van der Waals surface area contributed by atoms with Gasteiger partial charge in [-0.3, -0.25) is 0 Å². The second-order valence-electron chi connectivity index (χ2n) is 5.21. The van der Waals surface area contributed by atoms with E-state index in [2.05, 4.69) is 12.2 Å². The van der Waals surface area contributed by atoms with Gasteiger partial charge in [0.05, 0.1) is 17.1 Å². The van der Waals surface area contributed by atoms with Crippen LogP contribution in [0, 0.1) is 0 Å². The molecule has 5 heteroatoms. The molecular formula is C15H25NO3S. The van der Waals surface area contributed by atoms with Crippen LogP contribution in [0.3, 0.4) is 0 Å². The Bertz CT molecular complexity index is 512. The molecule has 0 spiro atoms. The maximum atomic E-state index is 11.7. The molecule has 0 saturated heterocycles. The summed E-state index contributed by atoms with van der Waals surface area (Å²) < 4.78 is 29.1. The first kappa shape index (κ1) is 16.8. The maximum Gasteiger partial charge on any atom is 0.154 e. The number of rotatable bonds is 8. The fraction of sp³-hybridized carbons (Fsp3) is 0.600. The highest BCUT2D eigenvalue weighted by atomic mass is 32.2. The number of anilines is 1. The van der Waals surface area contributed by atoms with Crippen molar-refractivity contribution in [1.29, 1.82) is 0 Å². The lowest BCUT2D eigenvalue weighted by Crippen LogP contribution is -2.22. The zero-order chi connectivity index (χ0) is 15.2. The molecule has 1 N–H and O–H groups in total. The Labute approximate surface area is 122 Å². The highest BCUT2D eigenvalue weighted by Crippen LogP contribution is 2.19. The molecule has 0 aliphatic heterocycles. The number of sulfone groups is 1. The number of benzene rings is 1. The summed E-state index contributed by atoms with van der Waals surface area (Å²) >= 11 is 0. The molecule has 0 radical (unpaired) electrons. The predicted molar refractivity (Wildman–Crippen MR) is 84.2 cm³/mol. The molecular weight excluding hydrogens is 274 g/mol. The summed E-state index contributed by atoms with van der Waals surface area (Å²) in [7, 11) is -3.00. The molecule has 1 atom stereocenters. The van der Waals surface area contributed by atoms with Crippen LogP contribution in [0.4, 0.5) is 5.69 Å². The van der Waals surface area contributed by atoms with Gasteiger partial charge >= 0.3 is 0 Å². The minimum atomic E-state index is -3.00. The Morgan fingerprint density at radius 2 is 1.95 bits per heavy atom. The summed E-state index contributed by atoms with van der Waals surface area (Å²) in [5.41, 5.74) is 0.879. The third kappa shape index (κ3) is 5.41. The normalized spacial score (nSPS) is 13.2. The molecule has 1 aromatic rings. The number of hydrogen-bond acceptors (Lipinski definition) is 4. The standard InChI is InChI=1S/C15H25NO3S/c1-5-13(4)19-15-8-6-7-14(11-15)16-9-10-20(17,18)12(2)3/h6-8,11-13,16H,5,9-10H2,1-4H3. The number of nitrogens with one attached hydrogen (secondary N) is 1. The van der Waals surface area contributed by atoms with Crippen LogP contribution in [0.25, 0.3) is 0 Å². The highest BCUT2D eigenvalue weighted by molar-refractivity contribution is 7.92. The second kappa shape index (κ2) is 7.53. The van der Waals surface area contributed by atoms with E-state index in [0.717, 1.165) is 17.9 Å². The molecule has 0 aromatic heterocycles. The van der Waals surface area contributed by atoms with Crippen molar-refractivity contribution in [2.45, 2.75) is 45.5 Å². The third-order valence-electron chi connectivity index (χ3n) is 3.18. The lowest BCUT2D eigenvalue weighted by Gasteiger charge is -2.14. The summed E-state index contributed by atoms with van der Waals surface area (Å²) in [5, 5.41) is 2.80. The topological polar surface area (TPSA) is 55.4 Å². The first-order valence-corrected chi connectivity index (χ1v) is 8.79. The van der Waals surface area contributed by atoms with Gasteiger partial charge < -0.3 is 10.1 Å². The van der Waals surface area contributed by atoms with Crippen LogP contribution in [0.5, 0.6) is 5.75 Å². The van der Waals surface area contributed by atoms with Crippen molar-refractivity contribution in [3.8, 4) is 5.75 Å². The molecule has 0 amide bonds. The van der Waals surface area contributed by atoms with E-state index in [4.69, 9.17) is 4.74 Å². The number of hydrogen-bond donors (Lipinski definition) is 1. The predicted octanol–water partition coefficient (Wildman–Crippen LogP) is 3.10. The van der Waals surface area contributed by atoms with Crippen LogP contribution in [0.15, 0.2) is 24.3 Å².